The van der Waals surface area contributed by atoms with E-state index in [-0.39, 0.29) is 17.7 Å². The molecular weight excluding hydrogens is 298 g/mol. The van der Waals surface area contributed by atoms with Crippen LogP contribution in [0, 0.1) is 0 Å². The number of thiocarbonyl (C=S) groups is 1. The summed E-state index contributed by atoms with van der Waals surface area (Å²) in [4.78, 5) is 12.2. The van der Waals surface area contributed by atoms with E-state index in [4.69, 9.17) is 32.2 Å². The monoisotopic (exact) mass is 309 g/mol. The van der Waals surface area contributed by atoms with E-state index in [1.807, 2.05) is 0 Å². The van der Waals surface area contributed by atoms with Crippen LogP contribution >= 0.6 is 12.2 Å². The summed E-state index contributed by atoms with van der Waals surface area (Å²) in [6.45, 7) is -0.201. The van der Waals surface area contributed by atoms with Crippen LogP contribution in [-0.4, -0.2) is 54.8 Å². The van der Waals surface area contributed by atoms with Crippen LogP contribution in [0.15, 0.2) is 12.7 Å². The van der Waals surface area contributed by atoms with Gasteiger partial charge in [0, 0.05) is 12.2 Å². The van der Waals surface area contributed by atoms with Crippen molar-refractivity contribution in [2.45, 2.75) is 24.5 Å². The second kappa shape index (κ2) is 4.48. The van der Waals surface area contributed by atoms with Crippen LogP contribution in [0.3, 0.4) is 0 Å². The van der Waals surface area contributed by atoms with Gasteiger partial charge in [0.25, 0.3) is 0 Å². The fourth-order valence-corrected chi connectivity index (χ4v) is 2.88. The molecule has 3 N–H and O–H groups in total. The Kier molecular flexibility index (Phi) is 2.71. The Morgan fingerprint density at radius 3 is 2.90 bits per heavy atom. The SMILES string of the molecule is Nc1ncnc2c1ncn2[C@H]1O[C@@H](CO)[C@H]2OC(=S)O[C@@H]21. The Balaban J connectivity index is 1.78. The smallest absolute Gasteiger partial charge is 0.353 e. The highest BCUT2D eigenvalue weighted by Crippen LogP contribution is 2.38. The quantitative estimate of drug-likeness (QED) is 0.699. The number of aromatic nitrogens is 4. The Morgan fingerprint density at radius 1 is 1.29 bits per heavy atom. The number of ether oxygens (including phenoxy) is 3. The van der Waals surface area contributed by atoms with Gasteiger partial charge in [0.05, 0.1) is 12.9 Å². The average molecular weight is 309 g/mol. The predicted octanol–water partition coefficient (Wildman–Crippen LogP) is -0.633. The van der Waals surface area contributed by atoms with Crippen LogP contribution in [0.2, 0.25) is 0 Å². The van der Waals surface area contributed by atoms with E-state index in [1.54, 1.807) is 10.9 Å². The molecule has 10 heteroatoms. The van der Waals surface area contributed by atoms with Crippen molar-refractivity contribution in [3.63, 3.8) is 0 Å². The molecule has 4 rings (SSSR count). The molecule has 0 bridgehead atoms. The number of anilines is 1. The second-order valence-corrected chi connectivity index (χ2v) is 5.08. The molecule has 0 amide bonds. The molecule has 9 nitrogen and oxygen atoms in total. The van der Waals surface area contributed by atoms with Gasteiger partial charge < -0.3 is 25.1 Å². The fraction of sp³-hybridized carbons (Fsp3) is 0.455. The van der Waals surface area contributed by atoms with Gasteiger partial charge in [-0.25, -0.2) is 15.0 Å². The van der Waals surface area contributed by atoms with Gasteiger partial charge in [-0.1, -0.05) is 0 Å². The molecule has 2 aliphatic heterocycles. The maximum Gasteiger partial charge on any atom is 0.353 e. The third-order valence-electron chi connectivity index (χ3n) is 3.59. The van der Waals surface area contributed by atoms with Gasteiger partial charge in [-0.05, 0) is 0 Å². The molecule has 2 aliphatic rings. The molecule has 4 atom stereocenters. The van der Waals surface area contributed by atoms with Crippen LogP contribution < -0.4 is 5.73 Å². The minimum Gasteiger partial charge on any atom is -0.446 e. The van der Waals surface area contributed by atoms with Crippen molar-refractivity contribution >= 4 is 34.4 Å². The first-order chi connectivity index (χ1) is 10.2. The van der Waals surface area contributed by atoms with Crippen molar-refractivity contribution in [1.29, 1.82) is 0 Å². The first kappa shape index (κ1) is 12.7. The number of imidazole rings is 1. The summed E-state index contributed by atoms with van der Waals surface area (Å²) in [7, 11) is 0. The highest BCUT2D eigenvalue weighted by Gasteiger charge is 2.53. The third kappa shape index (κ3) is 1.76. The molecular formula is C11H11N5O4S. The van der Waals surface area contributed by atoms with Crippen LogP contribution in [0.1, 0.15) is 6.23 Å². The number of fused-ring (bicyclic) bond motifs is 2. The van der Waals surface area contributed by atoms with Crippen molar-refractivity contribution in [2.24, 2.45) is 0 Å². The van der Waals surface area contributed by atoms with Gasteiger partial charge in [-0.2, -0.15) is 0 Å². The van der Waals surface area contributed by atoms with Crippen molar-refractivity contribution in [1.82, 2.24) is 19.5 Å². The molecule has 0 radical (unpaired) electrons. The van der Waals surface area contributed by atoms with Crippen LogP contribution in [-0.2, 0) is 14.2 Å². The van der Waals surface area contributed by atoms with E-state index in [2.05, 4.69) is 15.0 Å². The molecule has 0 saturated carbocycles. The second-order valence-electron chi connectivity index (χ2n) is 4.75. The zero-order chi connectivity index (χ0) is 14.6. The van der Waals surface area contributed by atoms with Gasteiger partial charge in [-0.15, -0.1) is 0 Å². The lowest BCUT2D eigenvalue weighted by molar-refractivity contribution is -0.0601. The molecule has 0 unspecified atom stereocenters. The first-order valence-electron chi connectivity index (χ1n) is 6.25. The first-order valence-corrected chi connectivity index (χ1v) is 6.66. The summed E-state index contributed by atoms with van der Waals surface area (Å²) in [6.07, 6.45) is 0.876. The molecule has 0 spiro atoms. The molecule has 2 saturated heterocycles. The summed E-state index contributed by atoms with van der Waals surface area (Å²) in [5.74, 6) is 0.283. The predicted molar refractivity (Wildman–Crippen MR) is 73.1 cm³/mol. The molecule has 4 heterocycles. The van der Waals surface area contributed by atoms with Gasteiger partial charge in [0.15, 0.2) is 29.9 Å². The number of nitrogens with two attached hydrogens (primary N) is 1. The molecule has 0 aliphatic carbocycles. The number of rotatable bonds is 2. The highest BCUT2D eigenvalue weighted by atomic mass is 32.1. The van der Waals surface area contributed by atoms with Gasteiger partial charge in [0.1, 0.15) is 17.9 Å². The Labute approximate surface area is 123 Å². The largest absolute Gasteiger partial charge is 0.446 e. The third-order valence-corrected chi connectivity index (χ3v) is 3.78. The lowest BCUT2D eigenvalue weighted by Crippen LogP contribution is -2.30. The van der Waals surface area contributed by atoms with Crippen molar-refractivity contribution in [3.05, 3.63) is 12.7 Å². The zero-order valence-electron chi connectivity index (χ0n) is 10.6. The van der Waals surface area contributed by atoms with Crippen LogP contribution in [0.4, 0.5) is 5.82 Å². The average Bonchev–Trinajstić information content (AvgIpc) is 3.12. The number of nitrogens with zero attached hydrogens (tertiary/aromatic N) is 4. The standard InChI is InChI=1S/C11H11N5O4S/c12-8-5-9(14-2-13-8)16(3-15-5)10-7-6(4(1-17)18-10)19-11(21)20-7/h2-4,6-7,10,17H,1H2,(H2,12,13,14)/t4-,6+,7-,10-/m0/s1. The Bertz CT molecular complexity index is 722. The van der Waals surface area contributed by atoms with Gasteiger partial charge in [-0.3, -0.25) is 4.57 Å². The molecule has 21 heavy (non-hydrogen) atoms. The van der Waals surface area contributed by atoms with E-state index in [0.29, 0.717) is 11.2 Å². The summed E-state index contributed by atoms with van der Waals surface area (Å²) in [5.41, 5.74) is 6.76. The van der Waals surface area contributed by atoms with E-state index in [1.165, 1.54) is 6.33 Å². The maximum absolute atomic E-state index is 9.40. The molecule has 2 aromatic heterocycles. The minimum atomic E-state index is -0.563. The number of aliphatic hydroxyl groups excluding tert-OH is 1. The van der Waals surface area contributed by atoms with Crippen molar-refractivity contribution in [3.8, 4) is 0 Å². The van der Waals surface area contributed by atoms with E-state index in [9.17, 15) is 5.11 Å². The summed E-state index contributed by atoms with van der Waals surface area (Å²) in [5, 5.41) is 9.45. The highest BCUT2D eigenvalue weighted by molar-refractivity contribution is 7.79. The Morgan fingerprint density at radius 2 is 2.10 bits per heavy atom. The van der Waals surface area contributed by atoms with E-state index in [0.717, 1.165) is 0 Å². The Hall–Kier alpha value is -2.04. The topological polar surface area (TPSA) is 118 Å². The van der Waals surface area contributed by atoms with Crippen LogP contribution in [0.5, 0.6) is 0 Å². The van der Waals surface area contributed by atoms with E-state index < -0.39 is 24.5 Å². The normalized spacial score (nSPS) is 31.2. The zero-order valence-corrected chi connectivity index (χ0v) is 11.4. The van der Waals surface area contributed by atoms with Gasteiger partial charge >= 0.3 is 5.24 Å². The minimum absolute atomic E-state index is 0.0512. The molecule has 2 aromatic rings. The summed E-state index contributed by atoms with van der Waals surface area (Å²) in [6, 6.07) is 0. The molecule has 2 fully saturated rings. The van der Waals surface area contributed by atoms with E-state index >= 15 is 0 Å². The number of hydrogen-bond donors (Lipinski definition) is 2. The lowest BCUT2D eigenvalue weighted by atomic mass is 10.1. The summed E-state index contributed by atoms with van der Waals surface area (Å²) >= 11 is 4.92. The van der Waals surface area contributed by atoms with Crippen molar-refractivity contribution < 1.29 is 19.3 Å². The number of nitrogen functional groups attached to an aromatic ring is 1. The van der Waals surface area contributed by atoms with Crippen LogP contribution in [0.25, 0.3) is 11.2 Å². The summed E-state index contributed by atoms with van der Waals surface area (Å²) < 4.78 is 18.3. The fourth-order valence-electron chi connectivity index (χ4n) is 2.65. The molecule has 0 aromatic carbocycles. The van der Waals surface area contributed by atoms with Gasteiger partial charge in [0.2, 0.25) is 0 Å². The van der Waals surface area contributed by atoms with Crippen molar-refractivity contribution in [2.75, 3.05) is 12.3 Å². The number of hydrogen-bond acceptors (Lipinski definition) is 9. The number of aliphatic hydroxyl groups is 1. The molecule has 110 valence electrons. The maximum atomic E-state index is 9.40. The lowest BCUT2D eigenvalue weighted by Gasteiger charge is -2.17.